The summed E-state index contributed by atoms with van der Waals surface area (Å²) in [5.74, 6) is 1.30. The molecule has 92 valence electrons. The molecule has 1 fully saturated rings. The first kappa shape index (κ1) is 12.2. The highest BCUT2D eigenvalue weighted by Crippen LogP contribution is 2.29. The van der Waals surface area contributed by atoms with Crippen LogP contribution in [0.15, 0.2) is 24.3 Å². The minimum atomic E-state index is 0.481. The Bertz CT molecular complexity index is 392. The molecular formula is C15H22N2. The molecule has 2 rings (SSSR count). The Morgan fingerprint density at radius 1 is 1.29 bits per heavy atom. The Labute approximate surface area is 104 Å². The van der Waals surface area contributed by atoms with Crippen LogP contribution in [0.25, 0.3) is 0 Å². The first-order valence-electron chi connectivity index (χ1n) is 6.65. The molecule has 2 heteroatoms. The third-order valence-corrected chi connectivity index (χ3v) is 3.76. The average molecular weight is 230 g/mol. The topological polar surface area (TPSA) is 27.1 Å². The standard InChI is InChI=1S/C15H22N2/c1-3-17(14-11-7-4-8-12(14)2)15(16)13-9-5-6-10-13/h4,7-8,11,13,16H,3,5-6,9-10H2,1-2H3. The quantitative estimate of drug-likeness (QED) is 0.617. The predicted octanol–water partition coefficient (Wildman–Crippen LogP) is 3.99. The van der Waals surface area contributed by atoms with Gasteiger partial charge in [-0.2, -0.15) is 0 Å². The first-order valence-corrected chi connectivity index (χ1v) is 6.65. The van der Waals surface area contributed by atoms with Gasteiger partial charge in [-0.05, 0) is 38.3 Å². The van der Waals surface area contributed by atoms with Crippen molar-refractivity contribution in [3.63, 3.8) is 0 Å². The second-order valence-electron chi connectivity index (χ2n) is 4.90. The van der Waals surface area contributed by atoms with Crippen LogP contribution in [0, 0.1) is 18.3 Å². The number of hydrogen-bond donors (Lipinski definition) is 1. The van der Waals surface area contributed by atoms with Gasteiger partial charge in [0.15, 0.2) is 0 Å². The molecule has 1 N–H and O–H groups in total. The summed E-state index contributed by atoms with van der Waals surface area (Å²) in [6.07, 6.45) is 4.97. The van der Waals surface area contributed by atoms with Gasteiger partial charge in [0, 0.05) is 18.2 Å². The van der Waals surface area contributed by atoms with Crippen molar-refractivity contribution in [3.05, 3.63) is 29.8 Å². The van der Waals surface area contributed by atoms with Crippen molar-refractivity contribution in [2.45, 2.75) is 39.5 Å². The summed E-state index contributed by atoms with van der Waals surface area (Å²) >= 11 is 0. The molecule has 0 unspecified atom stereocenters. The van der Waals surface area contributed by atoms with Crippen molar-refractivity contribution in [2.24, 2.45) is 5.92 Å². The summed E-state index contributed by atoms with van der Waals surface area (Å²) in [6, 6.07) is 8.38. The Balaban J connectivity index is 2.21. The van der Waals surface area contributed by atoms with Crippen molar-refractivity contribution in [1.29, 1.82) is 5.41 Å². The largest absolute Gasteiger partial charge is 0.330 e. The van der Waals surface area contributed by atoms with E-state index in [1.54, 1.807) is 0 Å². The minimum absolute atomic E-state index is 0.481. The molecule has 0 spiro atoms. The van der Waals surface area contributed by atoms with E-state index in [9.17, 15) is 0 Å². The third kappa shape index (κ3) is 2.51. The molecule has 1 aliphatic rings. The lowest BCUT2D eigenvalue weighted by Gasteiger charge is -2.28. The number of hydrogen-bond acceptors (Lipinski definition) is 1. The molecular weight excluding hydrogens is 208 g/mol. The minimum Gasteiger partial charge on any atom is -0.330 e. The van der Waals surface area contributed by atoms with E-state index in [0.717, 1.165) is 12.4 Å². The number of nitrogens with one attached hydrogen (secondary N) is 1. The average Bonchev–Trinajstić information content (AvgIpc) is 2.86. The van der Waals surface area contributed by atoms with E-state index in [1.807, 2.05) is 0 Å². The molecule has 0 amide bonds. The Kier molecular flexibility index (Phi) is 3.82. The van der Waals surface area contributed by atoms with Crippen LogP contribution in [-0.2, 0) is 0 Å². The fourth-order valence-corrected chi connectivity index (χ4v) is 2.76. The lowest BCUT2D eigenvalue weighted by Crippen LogP contribution is -2.35. The smallest absolute Gasteiger partial charge is 0.103 e. The van der Waals surface area contributed by atoms with Crippen LogP contribution < -0.4 is 4.90 Å². The van der Waals surface area contributed by atoms with Crippen LogP contribution >= 0.6 is 0 Å². The van der Waals surface area contributed by atoms with Crippen molar-refractivity contribution in [1.82, 2.24) is 0 Å². The molecule has 1 aliphatic carbocycles. The second kappa shape index (κ2) is 5.35. The number of aryl methyl sites for hydroxylation is 1. The highest BCUT2D eigenvalue weighted by Gasteiger charge is 2.24. The molecule has 0 saturated heterocycles. The number of nitrogens with zero attached hydrogens (tertiary/aromatic N) is 1. The summed E-state index contributed by atoms with van der Waals surface area (Å²) in [5, 5.41) is 8.40. The van der Waals surface area contributed by atoms with Gasteiger partial charge in [-0.15, -0.1) is 0 Å². The summed E-state index contributed by atoms with van der Waals surface area (Å²) in [4.78, 5) is 2.17. The maximum absolute atomic E-state index is 8.40. The molecule has 0 atom stereocenters. The number of rotatable bonds is 3. The van der Waals surface area contributed by atoms with E-state index < -0.39 is 0 Å². The third-order valence-electron chi connectivity index (χ3n) is 3.76. The zero-order chi connectivity index (χ0) is 12.3. The van der Waals surface area contributed by atoms with Gasteiger partial charge >= 0.3 is 0 Å². The van der Waals surface area contributed by atoms with Gasteiger partial charge in [0.1, 0.15) is 5.84 Å². The van der Waals surface area contributed by atoms with Gasteiger partial charge in [0.25, 0.3) is 0 Å². The van der Waals surface area contributed by atoms with Crippen molar-refractivity contribution >= 4 is 11.5 Å². The molecule has 0 aromatic heterocycles. The highest BCUT2D eigenvalue weighted by atomic mass is 15.2. The summed E-state index contributed by atoms with van der Waals surface area (Å²) in [6.45, 7) is 5.15. The van der Waals surface area contributed by atoms with Gasteiger partial charge in [0.05, 0.1) is 0 Å². The Hall–Kier alpha value is -1.31. The predicted molar refractivity (Wildman–Crippen MR) is 73.9 cm³/mol. The van der Waals surface area contributed by atoms with Gasteiger partial charge in [-0.1, -0.05) is 31.0 Å². The van der Waals surface area contributed by atoms with E-state index in [1.165, 1.54) is 36.9 Å². The SMILES string of the molecule is CCN(C(=N)C1CCCC1)c1ccccc1C. The van der Waals surface area contributed by atoms with E-state index in [0.29, 0.717) is 5.92 Å². The normalized spacial score (nSPS) is 16.1. The van der Waals surface area contributed by atoms with Crippen LogP contribution in [0.3, 0.4) is 0 Å². The molecule has 0 aliphatic heterocycles. The number of benzene rings is 1. The molecule has 0 heterocycles. The van der Waals surface area contributed by atoms with Crippen molar-refractivity contribution in [2.75, 3.05) is 11.4 Å². The van der Waals surface area contributed by atoms with Crippen LogP contribution in [0.1, 0.15) is 38.2 Å². The molecule has 17 heavy (non-hydrogen) atoms. The number of anilines is 1. The molecule has 1 aromatic carbocycles. The van der Waals surface area contributed by atoms with Crippen molar-refractivity contribution in [3.8, 4) is 0 Å². The maximum atomic E-state index is 8.40. The van der Waals surface area contributed by atoms with Gasteiger partial charge in [0.2, 0.25) is 0 Å². The van der Waals surface area contributed by atoms with Crippen LogP contribution in [-0.4, -0.2) is 12.4 Å². The van der Waals surface area contributed by atoms with Gasteiger partial charge in [-0.25, -0.2) is 0 Å². The number of para-hydroxylation sites is 1. The molecule has 1 saturated carbocycles. The maximum Gasteiger partial charge on any atom is 0.103 e. The van der Waals surface area contributed by atoms with E-state index in [4.69, 9.17) is 5.41 Å². The number of amidine groups is 1. The van der Waals surface area contributed by atoms with Crippen LogP contribution in [0.2, 0.25) is 0 Å². The first-order chi connectivity index (χ1) is 8.24. The van der Waals surface area contributed by atoms with E-state index in [2.05, 4.69) is 43.0 Å². The molecule has 1 aromatic rings. The Morgan fingerprint density at radius 3 is 2.53 bits per heavy atom. The zero-order valence-corrected chi connectivity index (χ0v) is 10.9. The fourth-order valence-electron chi connectivity index (χ4n) is 2.76. The molecule has 0 bridgehead atoms. The van der Waals surface area contributed by atoms with Crippen LogP contribution in [0.4, 0.5) is 5.69 Å². The van der Waals surface area contributed by atoms with Crippen molar-refractivity contribution < 1.29 is 0 Å². The lowest BCUT2D eigenvalue weighted by atomic mass is 10.0. The zero-order valence-electron chi connectivity index (χ0n) is 10.9. The molecule has 2 nitrogen and oxygen atoms in total. The highest BCUT2D eigenvalue weighted by molar-refractivity contribution is 5.97. The summed E-state index contributed by atoms with van der Waals surface area (Å²) in [5.41, 5.74) is 2.46. The van der Waals surface area contributed by atoms with E-state index in [-0.39, 0.29) is 0 Å². The Morgan fingerprint density at radius 2 is 1.94 bits per heavy atom. The van der Waals surface area contributed by atoms with Gasteiger partial charge < -0.3 is 4.90 Å². The summed E-state index contributed by atoms with van der Waals surface area (Å²) < 4.78 is 0. The van der Waals surface area contributed by atoms with Gasteiger partial charge in [-0.3, -0.25) is 5.41 Å². The second-order valence-corrected chi connectivity index (χ2v) is 4.90. The summed E-state index contributed by atoms with van der Waals surface area (Å²) in [7, 11) is 0. The molecule has 0 radical (unpaired) electrons. The van der Waals surface area contributed by atoms with E-state index >= 15 is 0 Å². The fraction of sp³-hybridized carbons (Fsp3) is 0.533. The monoisotopic (exact) mass is 230 g/mol. The lowest BCUT2D eigenvalue weighted by molar-refractivity contribution is 0.704. The van der Waals surface area contributed by atoms with Crippen LogP contribution in [0.5, 0.6) is 0 Å².